The van der Waals surface area contributed by atoms with Crippen LogP contribution in [0, 0.1) is 5.82 Å². The summed E-state index contributed by atoms with van der Waals surface area (Å²) in [7, 11) is 0. The molecule has 2 aromatic rings. The van der Waals surface area contributed by atoms with Crippen molar-refractivity contribution < 1.29 is 37.0 Å². The third kappa shape index (κ3) is 6.19. The van der Waals surface area contributed by atoms with Gasteiger partial charge in [0.1, 0.15) is 5.82 Å². The second-order valence-electron chi connectivity index (χ2n) is 5.42. The maximum Gasteiger partial charge on any atom is 0.387 e. The number of alkyl halides is 2. The van der Waals surface area contributed by atoms with E-state index in [4.69, 9.17) is 9.47 Å². The van der Waals surface area contributed by atoms with Gasteiger partial charge in [-0.2, -0.15) is 8.78 Å². The zero-order valence-corrected chi connectivity index (χ0v) is 14.9. The number of carbonyl (C=O) groups excluding carboxylic acids is 2. The lowest BCUT2D eigenvalue weighted by atomic mass is 10.2. The molecule has 0 saturated carbocycles. The Morgan fingerprint density at radius 3 is 2.54 bits per heavy atom. The van der Waals surface area contributed by atoms with Crippen LogP contribution in [-0.2, 0) is 16.1 Å². The molecule has 0 aliphatic rings. The highest BCUT2D eigenvalue weighted by molar-refractivity contribution is 5.92. The molecule has 0 fully saturated rings. The average molecular weight is 397 g/mol. The Labute approximate surface area is 159 Å². The Balaban J connectivity index is 1.92. The molecule has 1 amide bonds. The lowest BCUT2D eigenvalue weighted by Gasteiger charge is -2.12. The number of ether oxygens (including phenoxy) is 3. The second-order valence-corrected chi connectivity index (χ2v) is 5.42. The van der Waals surface area contributed by atoms with Crippen LogP contribution in [0.3, 0.4) is 0 Å². The van der Waals surface area contributed by atoms with E-state index in [1.165, 1.54) is 30.3 Å². The predicted octanol–water partition coefficient (Wildman–Crippen LogP) is 3.30. The summed E-state index contributed by atoms with van der Waals surface area (Å²) in [5.41, 5.74) is 0.283. The summed E-state index contributed by atoms with van der Waals surface area (Å²) in [6.45, 7) is -1.90. The van der Waals surface area contributed by atoms with Gasteiger partial charge < -0.3 is 19.5 Å². The highest BCUT2D eigenvalue weighted by Gasteiger charge is 2.16. The van der Waals surface area contributed by atoms with E-state index in [0.717, 1.165) is 6.07 Å². The quantitative estimate of drug-likeness (QED) is 0.658. The fraction of sp³-hybridized carbons (Fsp3) is 0.263. The number of hydrogen-bond acceptors (Lipinski definition) is 5. The molecular weight excluding hydrogens is 379 g/mol. The van der Waals surface area contributed by atoms with Crippen LogP contribution in [0.2, 0.25) is 0 Å². The van der Waals surface area contributed by atoms with Gasteiger partial charge in [-0.15, -0.1) is 0 Å². The summed E-state index contributed by atoms with van der Waals surface area (Å²) in [5, 5.41) is 2.42. The van der Waals surface area contributed by atoms with Crippen LogP contribution < -0.4 is 14.8 Å². The second kappa shape index (κ2) is 10.2. The molecule has 0 unspecified atom stereocenters. The predicted molar refractivity (Wildman–Crippen MR) is 92.8 cm³/mol. The molecule has 2 rings (SSSR count). The summed E-state index contributed by atoms with van der Waals surface area (Å²) in [6.07, 6.45) is 0. The highest BCUT2D eigenvalue weighted by atomic mass is 19.3. The molecule has 0 radical (unpaired) electrons. The first-order valence-corrected chi connectivity index (χ1v) is 8.29. The Hall–Kier alpha value is -3.23. The van der Waals surface area contributed by atoms with Crippen molar-refractivity contribution in [2.45, 2.75) is 20.1 Å². The standard InChI is InChI=1S/C19H18F3NO5/c1-2-26-16-9-12(7-8-15(16)28-19(21)22)18(25)27-11-17(24)23-10-13-5-3-4-6-14(13)20/h3-9,19H,2,10-11H2,1H3,(H,23,24). The molecule has 2 aromatic carbocycles. The van der Waals surface area contributed by atoms with Gasteiger partial charge in [0.2, 0.25) is 0 Å². The first-order valence-electron chi connectivity index (χ1n) is 8.29. The van der Waals surface area contributed by atoms with Crippen LogP contribution in [0.4, 0.5) is 13.2 Å². The minimum absolute atomic E-state index is 0.00744. The van der Waals surface area contributed by atoms with Gasteiger partial charge in [0.25, 0.3) is 5.91 Å². The van der Waals surface area contributed by atoms with Gasteiger partial charge in [-0.1, -0.05) is 18.2 Å². The van der Waals surface area contributed by atoms with E-state index < -0.39 is 30.9 Å². The Morgan fingerprint density at radius 2 is 1.86 bits per heavy atom. The van der Waals surface area contributed by atoms with Crippen molar-refractivity contribution in [1.29, 1.82) is 0 Å². The third-order valence-electron chi connectivity index (χ3n) is 3.46. The molecule has 0 aliphatic heterocycles. The summed E-state index contributed by atoms with van der Waals surface area (Å²) in [6, 6.07) is 9.46. The molecule has 0 aromatic heterocycles. The van der Waals surface area contributed by atoms with E-state index >= 15 is 0 Å². The lowest BCUT2D eigenvalue weighted by molar-refractivity contribution is -0.124. The fourth-order valence-electron chi connectivity index (χ4n) is 2.20. The van der Waals surface area contributed by atoms with Crippen molar-refractivity contribution >= 4 is 11.9 Å². The van der Waals surface area contributed by atoms with Gasteiger partial charge >= 0.3 is 12.6 Å². The molecule has 0 atom stereocenters. The van der Waals surface area contributed by atoms with E-state index in [1.54, 1.807) is 13.0 Å². The molecule has 1 N–H and O–H groups in total. The van der Waals surface area contributed by atoms with E-state index in [-0.39, 0.29) is 35.8 Å². The number of amides is 1. The number of halogens is 3. The zero-order chi connectivity index (χ0) is 20.5. The monoisotopic (exact) mass is 397 g/mol. The summed E-state index contributed by atoms with van der Waals surface area (Å²) < 4.78 is 52.6. The normalized spacial score (nSPS) is 10.5. The topological polar surface area (TPSA) is 73.9 Å². The molecule has 0 heterocycles. The summed E-state index contributed by atoms with van der Waals surface area (Å²) in [5.74, 6) is -2.23. The maximum atomic E-state index is 13.5. The largest absolute Gasteiger partial charge is 0.490 e. The van der Waals surface area contributed by atoms with Crippen LogP contribution in [0.5, 0.6) is 11.5 Å². The van der Waals surface area contributed by atoms with Crippen LogP contribution in [0.15, 0.2) is 42.5 Å². The molecule has 28 heavy (non-hydrogen) atoms. The number of esters is 1. The van der Waals surface area contributed by atoms with Crippen molar-refractivity contribution in [1.82, 2.24) is 5.32 Å². The minimum Gasteiger partial charge on any atom is -0.490 e. The van der Waals surface area contributed by atoms with Gasteiger partial charge in [-0.25, -0.2) is 9.18 Å². The molecule has 150 valence electrons. The summed E-state index contributed by atoms with van der Waals surface area (Å²) >= 11 is 0. The van der Waals surface area contributed by atoms with E-state index in [0.29, 0.717) is 0 Å². The van der Waals surface area contributed by atoms with Crippen LogP contribution in [-0.4, -0.2) is 31.7 Å². The number of rotatable bonds is 9. The third-order valence-corrected chi connectivity index (χ3v) is 3.46. The minimum atomic E-state index is -3.05. The first-order chi connectivity index (χ1) is 13.4. The van der Waals surface area contributed by atoms with Crippen molar-refractivity contribution in [3.05, 3.63) is 59.4 Å². The van der Waals surface area contributed by atoms with Crippen molar-refractivity contribution in [2.24, 2.45) is 0 Å². The van der Waals surface area contributed by atoms with Crippen molar-refractivity contribution in [2.75, 3.05) is 13.2 Å². The fourth-order valence-corrected chi connectivity index (χ4v) is 2.20. The number of hydrogen-bond donors (Lipinski definition) is 1. The van der Waals surface area contributed by atoms with Gasteiger partial charge in [0, 0.05) is 12.1 Å². The number of nitrogens with one attached hydrogen (secondary N) is 1. The Bertz CT molecular complexity index is 829. The Kier molecular flexibility index (Phi) is 7.67. The van der Waals surface area contributed by atoms with Crippen molar-refractivity contribution in [3.63, 3.8) is 0 Å². The lowest BCUT2D eigenvalue weighted by Crippen LogP contribution is -2.28. The van der Waals surface area contributed by atoms with E-state index in [1.807, 2.05) is 0 Å². The van der Waals surface area contributed by atoms with Crippen LogP contribution >= 0.6 is 0 Å². The molecule has 6 nitrogen and oxygen atoms in total. The van der Waals surface area contributed by atoms with Crippen molar-refractivity contribution in [3.8, 4) is 11.5 Å². The number of carbonyl (C=O) groups is 2. The van der Waals surface area contributed by atoms with Crippen LogP contribution in [0.1, 0.15) is 22.8 Å². The van der Waals surface area contributed by atoms with Gasteiger partial charge in [0.15, 0.2) is 18.1 Å². The molecule has 9 heteroatoms. The highest BCUT2D eigenvalue weighted by Crippen LogP contribution is 2.30. The molecule has 0 saturated heterocycles. The maximum absolute atomic E-state index is 13.5. The van der Waals surface area contributed by atoms with E-state index in [9.17, 15) is 22.8 Å². The molecule has 0 aliphatic carbocycles. The van der Waals surface area contributed by atoms with Gasteiger partial charge in [-0.05, 0) is 31.2 Å². The van der Waals surface area contributed by atoms with Gasteiger partial charge in [-0.3, -0.25) is 4.79 Å². The van der Waals surface area contributed by atoms with E-state index in [2.05, 4.69) is 10.1 Å². The molecule has 0 spiro atoms. The summed E-state index contributed by atoms with van der Waals surface area (Å²) in [4.78, 5) is 23.8. The van der Waals surface area contributed by atoms with Crippen LogP contribution in [0.25, 0.3) is 0 Å². The SMILES string of the molecule is CCOc1cc(C(=O)OCC(=O)NCc2ccccc2F)ccc1OC(F)F. The van der Waals surface area contributed by atoms with Gasteiger partial charge in [0.05, 0.1) is 12.2 Å². The smallest absolute Gasteiger partial charge is 0.387 e. The zero-order valence-electron chi connectivity index (χ0n) is 14.9. The molecule has 0 bridgehead atoms. The molecular formula is C19H18F3NO5. The Morgan fingerprint density at radius 1 is 1.11 bits per heavy atom. The average Bonchev–Trinajstić information content (AvgIpc) is 2.66. The first kappa shape index (κ1) is 21.1. The number of benzene rings is 2.